The maximum atomic E-state index is 10.4. The summed E-state index contributed by atoms with van der Waals surface area (Å²) in [6.07, 6.45) is 4.42. The maximum absolute atomic E-state index is 10.4. The molecule has 3 rings (SSSR count). The van der Waals surface area contributed by atoms with E-state index in [9.17, 15) is 5.11 Å². The van der Waals surface area contributed by atoms with Crippen LogP contribution in [0.25, 0.3) is 16.7 Å². The minimum atomic E-state index is -0.546. The Morgan fingerprint density at radius 3 is 2.42 bits per heavy atom. The van der Waals surface area contributed by atoms with Crippen LogP contribution in [0, 0.1) is 5.92 Å². The van der Waals surface area contributed by atoms with Crippen LogP contribution < -0.4 is 0 Å². The number of hydrogen-bond acceptors (Lipinski definition) is 3. The van der Waals surface area contributed by atoms with Crippen molar-refractivity contribution in [1.82, 2.24) is 15.0 Å². The van der Waals surface area contributed by atoms with Crippen LogP contribution in [0.4, 0.5) is 0 Å². The molecular weight excluding hydrogens is 238 g/mol. The van der Waals surface area contributed by atoms with Gasteiger partial charge in [-0.1, -0.05) is 30.7 Å². The Balaban J connectivity index is 2.07. The second-order valence-electron chi connectivity index (χ2n) is 4.97. The summed E-state index contributed by atoms with van der Waals surface area (Å²) in [6, 6.07) is 7.73. The predicted molar refractivity (Wildman–Crippen MR) is 75.3 cm³/mol. The molecule has 1 heterocycles. The Kier molecular flexibility index (Phi) is 2.95. The lowest BCUT2D eigenvalue weighted by molar-refractivity contribution is 0.173. The highest BCUT2D eigenvalue weighted by Crippen LogP contribution is 2.28. The molecule has 4 heteroatoms. The van der Waals surface area contributed by atoms with Crippen molar-refractivity contribution in [3.63, 3.8) is 0 Å². The summed E-state index contributed by atoms with van der Waals surface area (Å²) in [5.74, 6) is 0.133. The molecule has 0 saturated carbocycles. The molecule has 19 heavy (non-hydrogen) atoms. The molecule has 1 aliphatic carbocycles. The Morgan fingerprint density at radius 1 is 1.21 bits per heavy atom. The van der Waals surface area contributed by atoms with E-state index in [1.165, 1.54) is 0 Å². The number of nitrogens with zero attached hydrogens (tertiary/aromatic N) is 3. The van der Waals surface area contributed by atoms with Gasteiger partial charge in [0.15, 0.2) is 0 Å². The number of aliphatic hydroxyl groups excluding tert-OH is 1. The van der Waals surface area contributed by atoms with Crippen LogP contribution in [0.3, 0.4) is 0 Å². The largest absolute Gasteiger partial charge is 0.386 e. The van der Waals surface area contributed by atoms with E-state index in [-0.39, 0.29) is 5.92 Å². The zero-order valence-electron chi connectivity index (χ0n) is 11.1. The SMILES string of the molecule is CCC1C=C(C)C=C(n2nc3ccccc3n2)C1O. The summed E-state index contributed by atoms with van der Waals surface area (Å²) < 4.78 is 0. The molecule has 0 radical (unpaired) electrons. The van der Waals surface area contributed by atoms with Crippen LogP contribution in [-0.4, -0.2) is 26.2 Å². The molecule has 1 aliphatic rings. The van der Waals surface area contributed by atoms with Crippen molar-refractivity contribution in [2.45, 2.75) is 26.4 Å². The fourth-order valence-corrected chi connectivity index (χ4v) is 2.51. The molecule has 0 saturated heterocycles. The van der Waals surface area contributed by atoms with Crippen molar-refractivity contribution in [2.24, 2.45) is 5.92 Å². The van der Waals surface area contributed by atoms with Crippen LogP contribution >= 0.6 is 0 Å². The second-order valence-corrected chi connectivity index (χ2v) is 4.97. The fraction of sp³-hybridized carbons (Fsp3) is 0.333. The van der Waals surface area contributed by atoms with Gasteiger partial charge in [0.1, 0.15) is 17.1 Å². The third kappa shape index (κ3) is 2.08. The maximum Gasteiger partial charge on any atom is 0.113 e. The van der Waals surface area contributed by atoms with Gasteiger partial charge in [-0.3, -0.25) is 0 Å². The quantitative estimate of drug-likeness (QED) is 0.897. The summed E-state index contributed by atoms with van der Waals surface area (Å²) in [7, 11) is 0. The highest BCUT2D eigenvalue weighted by molar-refractivity contribution is 5.74. The zero-order chi connectivity index (χ0) is 13.4. The topological polar surface area (TPSA) is 50.9 Å². The molecule has 0 fully saturated rings. The van der Waals surface area contributed by atoms with Gasteiger partial charge in [-0.05, 0) is 31.6 Å². The summed E-state index contributed by atoms with van der Waals surface area (Å²) in [5.41, 5.74) is 3.59. The lowest BCUT2D eigenvalue weighted by Crippen LogP contribution is -2.27. The highest BCUT2D eigenvalue weighted by atomic mass is 16.3. The fourth-order valence-electron chi connectivity index (χ4n) is 2.51. The van der Waals surface area contributed by atoms with Gasteiger partial charge in [0.05, 0.1) is 5.70 Å². The monoisotopic (exact) mass is 255 g/mol. The average molecular weight is 255 g/mol. The first-order chi connectivity index (χ1) is 9.19. The molecule has 0 aliphatic heterocycles. The Labute approximate surface area is 112 Å². The Bertz CT molecular complexity index is 636. The van der Waals surface area contributed by atoms with Crippen LogP contribution in [0.5, 0.6) is 0 Å². The van der Waals surface area contributed by atoms with Crippen molar-refractivity contribution in [1.29, 1.82) is 0 Å². The van der Waals surface area contributed by atoms with Crippen LogP contribution in [0.15, 0.2) is 42.0 Å². The minimum absolute atomic E-state index is 0.133. The third-order valence-corrected chi connectivity index (χ3v) is 3.55. The predicted octanol–water partition coefficient (Wildman–Crippen LogP) is 2.62. The normalized spacial score (nSPS) is 23.3. The Hall–Kier alpha value is -1.94. The first-order valence-corrected chi connectivity index (χ1v) is 6.59. The molecule has 4 nitrogen and oxygen atoms in total. The lowest BCUT2D eigenvalue weighted by atomic mass is 9.90. The Morgan fingerprint density at radius 2 is 1.84 bits per heavy atom. The first-order valence-electron chi connectivity index (χ1n) is 6.59. The number of fused-ring (bicyclic) bond motifs is 1. The molecular formula is C15H17N3O. The molecule has 2 atom stereocenters. The van der Waals surface area contributed by atoms with Crippen LogP contribution in [-0.2, 0) is 0 Å². The molecule has 98 valence electrons. The van der Waals surface area contributed by atoms with Crippen molar-refractivity contribution in [3.8, 4) is 0 Å². The number of aliphatic hydroxyl groups is 1. The van der Waals surface area contributed by atoms with Gasteiger partial charge in [-0.25, -0.2) is 0 Å². The minimum Gasteiger partial charge on any atom is -0.386 e. The average Bonchev–Trinajstić information content (AvgIpc) is 2.84. The second kappa shape index (κ2) is 4.63. The molecule has 2 aromatic rings. The van der Waals surface area contributed by atoms with Gasteiger partial charge in [-0.2, -0.15) is 4.80 Å². The number of rotatable bonds is 2. The van der Waals surface area contributed by atoms with E-state index in [4.69, 9.17) is 0 Å². The summed E-state index contributed by atoms with van der Waals surface area (Å²) in [5, 5.41) is 19.3. The highest BCUT2D eigenvalue weighted by Gasteiger charge is 2.26. The van der Waals surface area contributed by atoms with Gasteiger partial charge >= 0.3 is 0 Å². The summed E-state index contributed by atoms with van der Waals surface area (Å²) in [4.78, 5) is 1.56. The van der Waals surface area contributed by atoms with Crippen molar-refractivity contribution < 1.29 is 5.11 Å². The standard InChI is InChI=1S/C15H17N3O/c1-3-11-8-10(2)9-14(15(11)19)18-16-12-6-4-5-7-13(12)17-18/h4-9,11,15,19H,3H2,1-2H3. The number of benzene rings is 1. The number of allylic oxidation sites excluding steroid dienone is 2. The van der Waals surface area contributed by atoms with Gasteiger partial charge in [-0.15, -0.1) is 10.2 Å². The molecule has 1 aromatic heterocycles. The lowest BCUT2D eigenvalue weighted by Gasteiger charge is -2.25. The summed E-state index contributed by atoms with van der Waals surface area (Å²) >= 11 is 0. The van der Waals surface area contributed by atoms with Gasteiger partial charge in [0, 0.05) is 5.92 Å². The van der Waals surface area contributed by atoms with Crippen LogP contribution in [0.2, 0.25) is 0 Å². The first kappa shape index (κ1) is 12.1. The van der Waals surface area contributed by atoms with E-state index < -0.39 is 6.10 Å². The molecule has 0 amide bonds. The van der Waals surface area contributed by atoms with Gasteiger partial charge in [0.25, 0.3) is 0 Å². The van der Waals surface area contributed by atoms with Crippen molar-refractivity contribution in [2.75, 3.05) is 0 Å². The summed E-state index contributed by atoms with van der Waals surface area (Å²) in [6.45, 7) is 4.12. The van der Waals surface area contributed by atoms with Gasteiger partial charge in [0.2, 0.25) is 0 Å². The van der Waals surface area contributed by atoms with E-state index in [2.05, 4.69) is 23.2 Å². The van der Waals surface area contributed by atoms with E-state index in [0.717, 1.165) is 28.7 Å². The van der Waals surface area contributed by atoms with E-state index in [1.807, 2.05) is 37.3 Å². The van der Waals surface area contributed by atoms with E-state index >= 15 is 0 Å². The number of hydrogen-bond donors (Lipinski definition) is 1. The van der Waals surface area contributed by atoms with Gasteiger partial charge < -0.3 is 5.11 Å². The third-order valence-electron chi connectivity index (χ3n) is 3.55. The smallest absolute Gasteiger partial charge is 0.113 e. The van der Waals surface area contributed by atoms with Crippen molar-refractivity contribution >= 4 is 16.7 Å². The van der Waals surface area contributed by atoms with E-state index in [0.29, 0.717) is 0 Å². The molecule has 2 unspecified atom stereocenters. The van der Waals surface area contributed by atoms with E-state index in [1.54, 1.807) is 4.80 Å². The molecule has 1 N–H and O–H groups in total. The molecule has 0 bridgehead atoms. The molecule has 1 aromatic carbocycles. The zero-order valence-corrected chi connectivity index (χ0v) is 11.1. The molecule has 0 spiro atoms. The number of aromatic nitrogens is 3. The van der Waals surface area contributed by atoms with Crippen LogP contribution in [0.1, 0.15) is 20.3 Å². The van der Waals surface area contributed by atoms with Crippen molar-refractivity contribution in [3.05, 3.63) is 42.0 Å².